The van der Waals surface area contributed by atoms with Crippen LogP contribution in [0.5, 0.6) is 0 Å². The molecule has 4 aromatic rings. The largest absolute Gasteiger partial charge is 0.347 e. The predicted molar refractivity (Wildman–Crippen MR) is 101 cm³/mol. The molecule has 0 aliphatic heterocycles. The van der Waals surface area contributed by atoms with Gasteiger partial charge in [-0.15, -0.1) is 0 Å². The SMILES string of the molecule is O=C(NCc1ccccc1)c1cc2ccc(=O)n(-c3ccc(F)cc3)c2[nH]1. The molecule has 5 nitrogen and oxygen atoms in total. The van der Waals surface area contributed by atoms with Crippen LogP contribution < -0.4 is 10.9 Å². The van der Waals surface area contributed by atoms with Crippen LogP contribution in [0.15, 0.2) is 77.6 Å². The molecule has 6 heteroatoms. The second-order valence-electron chi connectivity index (χ2n) is 6.14. The number of carbonyl (C=O) groups is 1. The Kier molecular flexibility index (Phi) is 4.30. The van der Waals surface area contributed by atoms with Gasteiger partial charge in [-0.05, 0) is 42.0 Å². The van der Waals surface area contributed by atoms with Gasteiger partial charge in [0.05, 0.1) is 5.69 Å². The van der Waals surface area contributed by atoms with Crippen molar-refractivity contribution in [3.63, 3.8) is 0 Å². The zero-order valence-electron chi connectivity index (χ0n) is 14.3. The number of aromatic amines is 1. The van der Waals surface area contributed by atoms with Crippen LogP contribution in [0.4, 0.5) is 4.39 Å². The van der Waals surface area contributed by atoms with Crippen molar-refractivity contribution in [2.75, 3.05) is 0 Å². The summed E-state index contributed by atoms with van der Waals surface area (Å²) >= 11 is 0. The van der Waals surface area contributed by atoms with Crippen molar-refractivity contribution >= 4 is 16.9 Å². The molecule has 0 radical (unpaired) electrons. The first-order valence-corrected chi connectivity index (χ1v) is 8.45. The van der Waals surface area contributed by atoms with Gasteiger partial charge in [-0.2, -0.15) is 0 Å². The summed E-state index contributed by atoms with van der Waals surface area (Å²) in [6.45, 7) is 0.403. The molecule has 0 aliphatic carbocycles. The van der Waals surface area contributed by atoms with E-state index >= 15 is 0 Å². The first-order valence-electron chi connectivity index (χ1n) is 8.45. The summed E-state index contributed by atoms with van der Waals surface area (Å²) in [6, 6.07) is 20.0. The molecule has 0 spiro atoms. The number of benzene rings is 2. The van der Waals surface area contributed by atoms with E-state index in [2.05, 4.69) is 10.3 Å². The molecule has 4 rings (SSSR count). The molecule has 0 saturated heterocycles. The fourth-order valence-corrected chi connectivity index (χ4v) is 2.96. The Bertz CT molecular complexity index is 1160. The summed E-state index contributed by atoms with van der Waals surface area (Å²) in [5.74, 6) is -0.653. The van der Waals surface area contributed by atoms with Crippen LogP contribution in [0.25, 0.3) is 16.7 Å². The standard InChI is InChI=1S/C21H16FN3O2/c22-16-7-9-17(10-8-16)25-19(26)11-6-15-12-18(24-20(15)25)21(27)23-13-14-4-2-1-3-5-14/h1-12,24H,13H2,(H,23,27). The minimum absolute atomic E-state index is 0.270. The number of rotatable bonds is 4. The van der Waals surface area contributed by atoms with Crippen LogP contribution in [-0.4, -0.2) is 15.5 Å². The third kappa shape index (κ3) is 3.37. The number of H-pyrrole nitrogens is 1. The Morgan fingerprint density at radius 3 is 2.48 bits per heavy atom. The zero-order valence-corrected chi connectivity index (χ0v) is 14.3. The highest BCUT2D eigenvalue weighted by Gasteiger charge is 2.13. The molecule has 2 aromatic heterocycles. The average Bonchev–Trinajstić information content (AvgIpc) is 3.12. The minimum atomic E-state index is -0.383. The van der Waals surface area contributed by atoms with E-state index in [1.54, 1.807) is 12.1 Å². The molecule has 0 saturated carbocycles. The molecule has 0 fully saturated rings. The summed E-state index contributed by atoms with van der Waals surface area (Å²) in [7, 11) is 0. The van der Waals surface area contributed by atoms with Crippen LogP contribution >= 0.6 is 0 Å². The van der Waals surface area contributed by atoms with E-state index in [9.17, 15) is 14.0 Å². The molecular weight excluding hydrogens is 345 g/mol. The predicted octanol–water partition coefficient (Wildman–Crippen LogP) is 3.39. The quantitative estimate of drug-likeness (QED) is 0.585. The monoisotopic (exact) mass is 361 g/mol. The minimum Gasteiger partial charge on any atom is -0.347 e. The van der Waals surface area contributed by atoms with E-state index in [-0.39, 0.29) is 17.3 Å². The lowest BCUT2D eigenvalue weighted by atomic mass is 10.2. The van der Waals surface area contributed by atoms with Gasteiger partial charge in [0.1, 0.15) is 17.2 Å². The van der Waals surface area contributed by atoms with Crippen molar-refractivity contribution in [3.8, 4) is 5.69 Å². The van der Waals surface area contributed by atoms with E-state index < -0.39 is 0 Å². The number of nitrogens with zero attached hydrogens (tertiary/aromatic N) is 1. The number of pyridine rings is 1. The van der Waals surface area contributed by atoms with Crippen LogP contribution in [0, 0.1) is 5.82 Å². The maximum atomic E-state index is 13.2. The molecule has 0 bridgehead atoms. The topological polar surface area (TPSA) is 66.9 Å². The van der Waals surface area contributed by atoms with Gasteiger partial charge in [-0.3, -0.25) is 14.2 Å². The molecular formula is C21H16FN3O2. The summed E-state index contributed by atoms with van der Waals surface area (Å²) in [5, 5.41) is 3.56. The normalized spacial score (nSPS) is 10.9. The summed E-state index contributed by atoms with van der Waals surface area (Å²) < 4.78 is 14.6. The summed E-state index contributed by atoms with van der Waals surface area (Å²) in [5.41, 5.74) is 2.07. The number of carbonyl (C=O) groups excluding carboxylic acids is 1. The van der Waals surface area contributed by atoms with E-state index in [0.717, 1.165) is 5.56 Å². The zero-order chi connectivity index (χ0) is 18.8. The van der Waals surface area contributed by atoms with E-state index in [1.165, 1.54) is 34.9 Å². The first kappa shape index (κ1) is 16.8. The molecule has 2 aromatic carbocycles. The number of nitrogens with one attached hydrogen (secondary N) is 2. The summed E-state index contributed by atoms with van der Waals surface area (Å²) in [4.78, 5) is 27.9. The van der Waals surface area contributed by atoms with E-state index in [1.807, 2.05) is 30.3 Å². The van der Waals surface area contributed by atoms with Crippen molar-refractivity contribution in [1.29, 1.82) is 0 Å². The fourth-order valence-electron chi connectivity index (χ4n) is 2.96. The lowest BCUT2D eigenvalue weighted by molar-refractivity contribution is 0.0946. The molecule has 2 heterocycles. The molecule has 27 heavy (non-hydrogen) atoms. The Morgan fingerprint density at radius 2 is 1.74 bits per heavy atom. The number of halogens is 1. The van der Waals surface area contributed by atoms with Crippen molar-refractivity contribution in [2.45, 2.75) is 6.54 Å². The Labute approximate surface area is 154 Å². The summed E-state index contributed by atoms with van der Waals surface area (Å²) in [6.07, 6.45) is 0. The maximum Gasteiger partial charge on any atom is 0.268 e. The van der Waals surface area contributed by atoms with Crippen molar-refractivity contribution in [2.24, 2.45) is 0 Å². The lowest BCUT2D eigenvalue weighted by Crippen LogP contribution is -2.23. The third-order valence-electron chi connectivity index (χ3n) is 4.30. The molecule has 0 aliphatic rings. The molecule has 1 amide bonds. The molecule has 0 atom stereocenters. The second kappa shape index (κ2) is 6.92. The van der Waals surface area contributed by atoms with Gasteiger partial charge in [0.2, 0.25) is 0 Å². The number of hydrogen-bond donors (Lipinski definition) is 2. The van der Waals surface area contributed by atoms with Gasteiger partial charge in [0.25, 0.3) is 11.5 Å². The first-order chi connectivity index (χ1) is 13.1. The number of hydrogen-bond acceptors (Lipinski definition) is 2. The van der Waals surface area contributed by atoms with E-state index in [4.69, 9.17) is 0 Å². The molecule has 2 N–H and O–H groups in total. The van der Waals surface area contributed by atoms with Gasteiger partial charge < -0.3 is 10.3 Å². The third-order valence-corrected chi connectivity index (χ3v) is 4.30. The Hall–Kier alpha value is -3.67. The van der Waals surface area contributed by atoms with Crippen molar-refractivity contribution in [1.82, 2.24) is 14.9 Å². The molecule has 0 unspecified atom stereocenters. The average molecular weight is 361 g/mol. The van der Waals surface area contributed by atoms with Crippen LogP contribution in [0.2, 0.25) is 0 Å². The number of aromatic nitrogens is 2. The Morgan fingerprint density at radius 1 is 1.00 bits per heavy atom. The van der Waals surface area contributed by atoms with Gasteiger partial charge in [0.15, 0.2) is 0 Å². The highest BCUT2D eigenvalue weighted by atomic mass is 19.1. The van der Waals surface area contributed by atoms with Gasteiger partial charge in [-0.25, -0.2) is 4.39 Å². The van der Waals surface area contributed by atoms with Crippen LogP contribution in [0.1, 0.15) is 16.1 Å². The number of fused-ring (bicyclic) bond motifs is 1. The smallest absolute Gasteiger partial charge is 0.268 e. The Balaban J connectivity index is 1.68. The maximum absolute atomic E-state index is 13.2. The van der Waals surface area contributed by atoms with Crippen molar-refractivity contribution in [3.05, 3.63) is 100 Å². The van der Waals surface area contributed by atoms with Gasteiger partial charge in [0, 0.05) is 18.0 Å². The van der Waals surface area contributed by atoms with Gasteiger partial charge >= 0.3 is 0 Å². The van der Waals surface area contributed by atoms with Crippen LogP contribution in [-0.2, 0) is 6.54 Å². The van der Waals surface area contributed by atoms with Crippen LogP contribution in [0.3, 0.4) is 0 Å². The highest BCUT2D eigenvalue weighted by Crippen LogP contribution is 2.18. The fraction of sp³-hybridized carbons (Fsp3) is 0.0476. The molecule has 134 valence electrons. The van der Waals surface area contributed by atoms with E-state index in [0.29, 0.717) is 29.0 Å². The van der Waals surface area contributed by atoms with Gasteiger partial charge in [-0.1, -0.05) is 30.3 Å². The number of amides is 1. The lowest BCUT2D eigenvalue weighted by Gasteiger charge is -2.07. The highest BCUT2D eigenvalue weighted by molar-refractivity contribution is 5.97. The van der Waals surface area contributed by atoms with Crippen molar-refractivity contribution < 1.29 is 9.18 Å². The second-order valence-corrected chi connectivity index (χ2v) is 6.14.